The largest absolute Gasteiger partial charge is 0.465 e. The number of ether oxygens (including phenoxy) is 2. The Hall–Kier alpha value is -4.45. The molecule has 1 amide bonds. The molecule has 0 aliphatic carbocycles. The maximum Gasteiger partial charge on any atom is 0.337 e. The zero-order valence-corrected chi connectivity index (χ0v) is 27.7. The number of hydrogen-bond donors (Lipinski definition) is 1. The van der Waals surface area contributed by atoms with Crippen molar-refractivity contribution in [1.82, 2.24) is 10.2 Å². The fourth-order valence-electron chi connectivity index (χ4n) is 4.92. The second-order valence-corrected chi connectivity index (χ2v) is 11.6. The Kier molecular flexibility index (Phi) is 13.8. The number of allylic oxidation sites excluding steroid dienone is 6. The van der Waals surface area contributed by atoms with E-state index < -0.39 is 0 Å². The van der Waals surface area contributed by atoms with E-state index in [1.165, 1.54) is 18.4 Å². The highest BCUT2D eigenvalue weighted by molar-refractivity contribution is 7.15. The van der Waals surface area contributed by atoms with E-state index in [1.807, 2.05) is 69.4 Å². The Morgan fingerprint density at radius 1 is 1.22 bits per heavy atom. The van der Waals surface area contributed by atoms with Gasteiger partial charge in [-0.2, -0.15) is 0 Å². The third-order valence-corrected chi connectivity index (χ3v) is 9.06. The number of esters is 1. The topological polar surface area (TPSA) is 80.2 Å². The molecular weight excluding hydrogens is 582 g/mol. The monoisotopic (exact) mass is 625 g/mol. The van der Waals surface area contributed by atoms with Crippen LogP contribution in [0, 0.1) is 26.2 Å². The predicted octanol–water partition coefficient (Wildman–Crippen LogP) is 7.20. The van der Waals surface area contributed by atoms with Crippen LogP contribution in [0.2, 0.25) is 0 Å². The van der Waals surface area contributed by atoms with Gasteiger partial charge in [0.1, 0.15) is 5.84 Å². The van der Waals surface area contributed by atoms with Crippen LogP contribution in [0.3, 0.4) is 0 Å². The summed E-state index contributed by atoms with van der Waals surface area (Å²) in [6.07, 6.45) is 20.9. The van der Waals surface area contributed by atoms with E-state index in [0.29, 0.717) is 23.5 Å². The van der Waals surface area contributed by atoms with Crippen LogP contribution >= 0.6 is 11.3 Å². The van der Waals surface area contributed by atoms with Crippen molar-refractivity contribution in [3.8, 4) is 12.3 Å². The van der Waals surface area contributed by atoms with Crippen LogP contribution in [0.25, 0.3) is 6.08 Å². The standard InChI is InChI=1S/C37H43N3O4S/c1-8-10-14-30(9-2)26(3)17-18-33-27(4)28(5)35(45-33)36(41)39-21-12-16-34(38-6)40-22-19-32(20-23-40)44-25-29-13-11-15-31(24-29)37(42)43-7/h1,9-15,17-18,21,24,32H,3,16,19-20,22-23,25H2,2,4-7H3,(H,39,41)/b14-10-,18-17-,21-12+,30-9?,38-34?. The maximum absolute atomic E-state index is 13.0. The van der Waals surface area contributed by atoms with E-state index in [2.05, 4.69) is 27.7 Å². The number of likely N-dealkylation sites (tertiary alicyclic amines) is 1. The van der Waals surface area contributed by atoms with E-state index in [-0.39, 0.29) is 18.0 Å². The van der Waals surface area contributed by atoms with Gasteiger partial charge in [-0.25, -0.2) is 4.79 Å². The van der Waals surface area contributed by atoms with Crippen LogP contribution in [0.1, 0.15) is 67.8 Å². The summed E-state index contributed by atoms with van der Waals surface area (Å²) < 4.78 is 10.9. The van der Waals surface area contributed by atoms with Crippen molar-refractivity contribution in [3.05, 3.63) is 111 Å². The van der Waals surface area contributed by atoms with Crippen molar-refractivity contribution in [2.45, 2.75) is 52.7 Å². The van der Waals surface area contributed by atoms with Crippen LogP contribution in [-0.4, -0.2) is 56.0 Å². The predicted molar refractivity (Wildman–Crippen MR) is 185 cm³/mol. The lowest BCUT2D eigenvalue weighted by molar-refractivity contribution is 0.00815. The number of thiophene rings is 1. The van der Waals surface area contributed by atoms with E-state index in [9.17, 15) is 9.59 Å². The Labute approximate surface area is 271 Å². The summed E-state index contributed by atoms with van der Waals surface area (Å²) in [5.74, 6) is 2.98. The zero-order chi connectivity index (χ0) is 32.8. The summed E-state index contributed by atoms with van der Waals surface area (Å²) in [5.41, 5.74) is 5.30. The second-order valence-electron chi connectivity index (χ2n) is 10.6. The number of aliphatic imine (C=N–C) groups is 1. The molecule has 1 N–H and O–H groups in total. The van der Waals surface area contributed by atoms with Gasteiger partial charge < -0.3 is 19.7 Å². The first-order valence-corrected chi connectivity index (χ1v) is 15.8. The van der Waals surface area contributed by atoms with Crippen LogP contribution in [-0.2, 0) is 16.1 Å². The van der Waals surface area contributed by atoms with Gasteiger partial charge in [0.25, 0.3) is 5.91 Å². The first kappa shape index (κ1) is 35.0. The molecule has 0 bridgehead atoms. The molecule has 0 saturated carbocycles. The highest BCUT2D eigenvalue weighted by atomic mass is 32.1. The Morgan fingerprint density at radius 3 is 2.64 bits per heavy atom. The van der Waals surface area contributed by atoms with Crippen molar-refractivity contribution >= 4 is 35.1 Å². The van der Waals surface area contributed by atoms with Gasteiger partial charge in [0, 0.05) is 37.6 Å². The minimum Gasteiger partial charge on any atom is -0.465 e. The average molecular weight is 626 g/mol. The normalized spacial score (nSPS) is 14.8. The molecule has 0 radical (unpaired) electrons. The van der Waals surface area contributed by atoms with Gasteiger partial charge in [-0.15, -0.1) is 17.8 Å². The molecular formula is C37H43N3O4S. The lowest BCUT2D eigenvalue weighted by atomic mass is 10.1. The number of carbonyl (C=O) groups excluding carboxylic acids is 2. The first-order chi connectivity index (χ1) is 21.7. The molecule has 0 unspecified atom stereocenters. The molecule has 1 aliphatic heterocycles. The number of amidine groups is 1. The number of hydrogen-bond acceptors (Lipinski definition) is 6. The fraction of sp³-hybridized carbons (Fsp3) is 0.324. The number of piperidine rings is 1. The fourth-order valence-corrected chi connectivity index (χ4v) is 6.04. The molecule has 2 aromatic rings. The molecule has 45 heavy (non-hydrogen) atoms. The molecule has 7 nitrogen and oxygen atoms in total. The quantitative estimate of drug-likeness (QED) is 0.0887. The summed E-state index contributed by atoms with van der Waals surface area (Å²) in [6.45, 7) is 12.2. The van der Waals surface area contributed by atoms with E-state index in [1.54, 1.807) is 25.4 Å². The van der Waals surface area contributed by atoms with Crippen molar-refractivity contribution < 1.29 is 19.1 Å². The van der Waals surface area contributed by atoms with E-state index in [4.69, 9.17) is 15.9 Å². The van der Waals surface area contributed by atoms with Crippen molar-refractivity contribution in [2.24, 2.45) is 4.99 Å². The van der Waals surface area contributed by atoms with Gasteiger partial charge in [-0.3, -0.25) is 9.79 Å². The third-order valence-electron chi connectivity index (χ3n) is 7.70. The number of methoxy groups -OCH3 is 1. The van der Waals surface area contributed by atoms with Crippen LogP contribution < -0.4 is 5.32 Å². The Morgan fingerprint density at radius 2 is 1.98 bits per heavy atom. The number of carbonyl (C=O) groups is 2. The van der Waals surface area contributed by atoms with Crippen LogP contribution in [0.4, 0.5) is 0 Å². The third kappa shape index (κ3) is 10.0. The number of nitrogens with one attached hydrogen (secondary N) is 1. The molecule has 2 heterocycles. The van der Waals surface area contributed by atoms with Gasteiger partial charge in [-0.1, -0.05) is 42.9 Å². The summed E-state index contributed by atoms with van der Waals surface area (Å²) in [7, 11) is 3.17. The second kappa shape index (κ2) is 17.7. The van der Waals surface area contributed by atoms with Crippen LogP contribution in [0.5, 0.6) is 0 Å². The highest BCUT2D eigenvalue weighted by Gasteiger charge is 2.22. The molecule has 0 atom stereocenters. The smallest absolute Gasteiger partial charge is 0.337 e. The number of nitrogens with zero attached hydrogens (tertiary/aromatic N) is 2. The Bertz CT molecular complexity index is 1560. The van der Waals surface area contributed by atoms with E-state index in [0.717, 1.165) is 64.5 Å². The SMILES string of the molecule is C#C/C=C\C(=CC)C(=C)/C=C\c1sc(C(=O)N/C=C/CC(=NC)N2CCC(OCc3cccc(C(=O)OC)c3)CC2)c(C)c1C. The summed E-state index contributed by atoms with van der Waals surface area (Å²) in [4.78, 5) is 33.3. The average Bonchev–Trinajstić information content (AvgIpc) is 3.35. The summed E-state index contributed by atoms with van der Waals surface area (Å²) in [5, 5.41) is 2.92. The van der Waals surface area contributed by atoms with Gasteiger partial charge in [0.05, 0.1) is 30.3 Å². The number of rotatable bonds is 12. The number of benzene rings is 1. The van der Waals surface area contributed by atoms with E-state index >= 15 is 0 Å². The summed E-state index contributed by atoms with van der Waals surface area (Å²) in [6, 6.07) is 7.34. The number of amides is 1. The number of terminal acetylenes is 1. The zero-order valence-electron chi connectivity index (χ0n) is 26.9. The van der Waals surface area contributed by atoms with Crippen LogP contribution in [0.15, 0.2) is 83.6 Å². The van der Waals surface area contributed by atoms with Gasteiger partial charge in [-0.05, 0) is 91.8 Å². The molecule has 1 aromatic carbocycles. The molecule has 3 rings (SSSR count). The molecule has 8 heteroatoms. The van der Waals surface area contributed by atoms with Crippen molar-refractivity contribution in [3.63, 3.8) is 0 Å². The highest BCUT2D eigenvalue weighted by Crippen LogP contribution is 2.29. The van der Waals surface area contributed by atoms with Crippen molar-refractivity contribution in [1.29, 1.82) is 0 Å². The first-order valence-electron chi connectivity index (χ1n) is 14.9. The maximum atomic E-state index is 13.0. The minimum absolute atomic E-state index is 0.133. The molecule has 1 aromatic heterocycles. The van der Waals surface area contributed by atoms with Gasteiger partial charge >= 0.3 is 5.97 Å². The molecule has 1 aliphatic rings. The molecule has 1 saturated heterocycles. The van der Waals surface area contributed by atoms with Crippen molar-refractivity contribution in [2.75, 3.05) is 27.2 Å². The summed E-state index contributed by atoms with van der Waals surface area (Å²) >= 11 is 1.46. The lowest BCUT2D eigenvalue weighted by Gasteiger charge is -2.34. The Balaban J connectivity index is 1.48. The minimum atomic E-state index is -0.351. The van der Waals surface area contributed by atoms with Gasteiger partial charge in [0.2, 0.25) is 0 Å². The molecule has 236 valence electrons. The molecule has 0 spiro atoms. The van der Waals surface area contributed by atoms with Gasteiger partial charge in [0.15, 0.2) is 0 Å². The molecule has 1 fully saturated rings. The lowest BCUT2D eigenvalue weighted by Crippen LogP contribution is -2.40.